The van der Waals surface area contributed by atoms with Crippen molar-refractivity contribution in [1.29, 1.82) is 0 Å². The largest absolute Gasteiger partial charge is 0.397 e. The number of nitrogens with zero attached hydrogens (tertiary/aromatic N) is 1. The van der Waals surface area contributed by atoms with E-state index in [4.69, 9.17) is 23.1 Å². The van der Waals surface area contributed by atoms with Crippen molar-refractivity contribution in [2.24, 2.45) is 5.73 Å². The van der Waals surface area contributed by atoms with Gasteiger partial charge in [0.25, 0.3) is 12.3 Å². The molecule has 0 aliphatic heterocycles. The monoisotopic (exact) mass is 221 g/mol. The number of rotatable bonds is 2. The minimum Gasteiger partial charge on any atom is -0.397 e. The van der Waals surface area contributed by atoms with Crippen LogP contribution < -0.4 is 11.5 Å². The molecule has 0 bridgehead atoms. The SMILES string of the molecule is NC(=O)c1nc(C(F)F)cc(N)c1Cl. The van der Waals surface area contributed by atoms with E-state index >= 15 is 0 Å². The quantitative estimate of drug-likeness (QED) is 0.791. The number of hydrogen-bond donors (Lipinski definition) is 2. The van der Waals surface area contributed by atoms with Gasteiger partial charge in [-0.25, -0.2) is 13.8 Å². The van der Waals surface area contributed by atoms with Crippen LogP contribution in [0.5, 0.6) is 0 Å². The molecule has 76 valence electrons. The van der Waals surface area contributed by atoms with Crippen LogP contribution in [-0.2, 0) is 0 Å². The number of carbonyl (C=O) groups is 1. The Morgan fingerprint density at radius 3 is 2.57 bits per heavy atom. The van der Waals surface area contributed by atoms with E-state index in [2.05, 4.69) is 4.98 Å². The Morgan fingerprint density at radius 2 is 2.14 bits per heavy atom. The highest BCUT2D eigenvalue weighted by atomic mass is 35.5. The molecule has 0 spiro atoms. The molecule has 4 nitrogen and oxygen atoms in total. The predicted octanol–water partition coefficient (Wildman–Crippen LogP) is 1.35. The summed E-state index contributed by atoms with van der Waals surface area (Å²) in [7, 11) is 0. The molecular weight excluding hydrogens is 216 g/mol. The first-order chi connectivity index (χ1) is 6.43. The second kappa shape index (κ2) is 3.75. The second-order valence-electron chi connectivity index (χ2n) is 2.46. The van der Waals surface area contributed by atoms with Crippen LogP contribution in [0, 0.1) is 0 Å². The number of halogens is 3. The fourth-order valence-corrected chi connectivity index (χ4v) is 1.03. The van der Waals surface area contributed by atoms with Crippen LogP contribution in [0.15, 0.2) is 6.07 Å². The molecule has 0 aliphatic carbocycles. The van der Waals surface area contributed by atoms with Crippen molar-refractivity contribution < 1.29 is 13.6 Å². The normalized spacial score (nSPS) is 10.6. The Kier molecular flexibility index (Phi) is 2.85. The van der Waals surface area contributed by atoms with Gasteiger partial charge in [0, 0.05) is 0 Å². The van der Waals surface area contributed by atoms with Gasteiger partial charge in [-0.2, -0.15) is 0 Å². The number of alkyl halides is 2. The maximum atomic E-state index is 12.2. The van der Waals surface area contributed by atoms with Crippen molar-refractivity contribution in [3.8, 4) is 0 Å². The van der Waals surface area contributed by atoms with E-state index in [1.165, 1.54) is 0 Å². The molecule has 1 aromatic rings. The van der Waals surface area contributed by atoms with E-state index in [9.17, 15) is 13.6 Å². The summed E-state index contributed by atoms with van der Waals surface area (Å²) in [5, 5.41) is -0.207. The molecule has 0 atom stereocenters. The fourth-order valence-electron chi connectivity index (χ4n) is 0.845. The first-order valence-corrected chi connectivity index (χ1v) is 3.85. The van der Waals surface area contributed by atoms with E-state index < -0.39 is 23.7 Å². The van der Waals surface area contributed by atoms with Crippen LogP contribution in [0.3, 0.4) is 0 Å². The highest BCUT2D eigenvalue weighted by Gasteiger charge is 2.17. The van der Waals surface area contributed by atoms with Crippen LogP contribution in [0.25, 0.3) is 0 Å². The lowest BCUT2D eigenvalue weighted by atomic mass is 10.2. The van der Waals surface area contributed by atoms with Gasteiger partial charge in [0.15, 0.2) is 0 Å². The third-order valence-electron chi connectivity index (χ3n) is 1.46. The number of nitrogen functional groups attached to an aromatic ring is 1. The van der Waals surface area contributed by atoms with Gasteiger partial charge in [0.1, 0.15) is 11.4 Å². The third kappa shape index (κ3) is 1.90. The summed E-state index contributed by atoms with van der Waals surface area (Å²) in [5.41, 5.74) is 8.94. The lowest BCUT2D eigenvalue weighted by Crippen LogP contribution is -2.15. The van der Waals surface area contributed by atoms with E-state index in [1.807, 2.05) is 0 Å². The van der Waals surface area contributed by atoms with E-state index in [1.54, 1.807) is 0 Å². The van der Waals surface area contributed by atoms with Crippen LogP contribution >= 0.6 is 11.6 Å². The fraction of sp³-hybridized carbons (Fsp3) is 0.143. The summed E-state index contributed by atoms with van der Waals surface area (Å²) in [6, 6.07) is 0.902. The first-order valence-electron chi connectivity index (χ1n) is 3.47. The molecule has 4 N–H and O–H groups in total. The Balaban J connectivity index is 3.35. The zero-order valence-corrected chi connectivity index (χ0v) is 7.55. The standard InChI is InChI=1S/C7H6ClF2N3O/c8-4-2(11)1-3(6(9)10)13-5(4)7(12)14/h1,6H,(H2,11,13)(H2,12,14). The van der Waals surface area contributed by atoms with E-state index in [-0.39, 0.29) is 10.7 Å². The van der Waals surface area contributed by atoms with Gasteiger partial charge in [-0.3, -0.25) is 4.79 Å². The molecule has 0 radical (unpaired) electrons. The van der Waals surface area contributed by atoms with Crippen LogP contribution in [-0.4, -0.2) is 10.9 Å². The maximum Gasteiger partial charge on any atom is 0.280 e. The lowest BCUT2D eigenvalue weighted by molar-refractivity contribution is 0.0993. The molecule has 0 saturated carbocycles. The van der Waals surface area contributed by atoms with Crippen molar-refractivity contribution in [3.05, 3.63) is 22.5 Å². The molecular formula is C7H6ClF2N3O. The lowest BCUT2D eigenvalue weighted by Gasteiger charge is -2.05. The van der Waals surface area contributed by atoms with Gasteiger partial charge in [-0.1, -0.05) is 11.6 Å². The molecule has 1 rings (SSSR count). The number of nitrogens with two attached hydrogens (primary N) is 2. The molecule has 1 heterocycles. The van der Waals surface area contributed by atoms with Gasteiger partial charge >= 0.3 is 0 Å². The van der Waals surface area contributed by atoms with Gasteiger partial charge in [-0.15, -0.1) is 0 Å². The number of hydrogen-bond acceptors (Lipinski definition) is 3. The number of primary amides is 1. The molecule has 7 heteroatoms. The van der Waals surface area contributed by atoms with Gasteiger partial charge in [0.2, 0.25) is 0 Å². The minimum absolute atomic E-state index is 0.147. The maximum absolute atomic E-state index is 12.2. The first kappa shape index (κ1) is 10.6. The molecule has 0 unspecified atom stereocenters. The van der Waals surface area contributed by atoms with Crippen molar-refractivity contribution in [2.75, 3.05) is 5.73 Å². The number of aromatic nitrogens is 1. The average molecular weight is 222 g/mol. The molecule has 1 amide bonds. The van der Waals surface area contributed by atoms with Crippen molar-refractivity contribution in [1.82, 2.24) is 4.98 Å². The molecule has 1 aromatic heterocycles. The van der Waals surface area contributed by atoms with Crippen LogP contribution in [0.1, 0.15) is 22.6 Å². The smallest absolute Gasteiger partial charge is 0.280 e. The zero-order chi connectivity index (χ0) is 10.9. The Labute approximate surface area is 82.9 Å². The summed E-state index contributed by atoms with van der Waals surface area (Å²) >= 11 is 5.53. The molecule has 0 aliphatic rings. The highest BCUT2D eigenvalue weighted by Crippen LogP contribution is 2.26. The molecule has 0 fully saturated rings. The topological polar surface area (TPSA) is 82.0 Å². The number of pyridine rings is 1. The van der Waals surface area contributed by atoms with Crippen LogP contribution in [0.4, 0.5) is 14.5 Å². The average Bonchev–Trinajstić information content (AvgIpc) is 2.08. The molecule has 14 heavy (non-hydrogen) atoms. The number of carbonyl (C=O) groups excluding carboxylic acids is 1. The second-order valence-corrected chi connectivity index (χ2v) is 2.84. The van der Waals surface area contributed by atoms with Crippen molar-refractivity contribution >= 4 is 23.2 Å². The van der Waals surface area contributed by atoms with Crippen LogP contribution in [0.2, 0.25) is 5.02 Å². The van der Waals surface area contributed by atoms with Gasteiger partial charge in [-0.05, 0) is 6.07 Å². The van der Waals surface area contributed by atoms with Crippen molar-refractivity contribution in [2.45, 2.75) is 6.43 Å². The predicted molar refractivity (Wildman–Crippen MR) is 47.1 cm³/mol. The molecule has 0 saturated heterocycles. The Hall–Kier alpha value is -1.43. The summed E-state index contributed by atoms with van der Waals surface area (Å²) < 4.78 is 24.4. The van der Waals surface area contributed by atoms with E-state index in [0.29, 0.717) is 0 Å². The van der Waals surface area contributed by atoms with Gasteiger partial charge < -0.3 is 11.5 Å². The van der Waals surface area contributed by atoms with E-state index in [0.717, 1.165) is 6.07 Å². The van der Waals surface area contributed by atoms with Gasteiger partial charge in [0.05, 0.1) is 10.7 Å². The summed E-state index contributed by atoms with van der Waals surface area (Å²) in [5.74, 6) is -0.996. The number of amides is 1. The Morgan fingerprint density at radius 1 is 1.57 bits per heavy atom. The summed E-state index contributed by atoms with van der Waals surface area (Å²) in [6.07, 6.45) is -2.83. The number of anilines is 1. The molecule has 0 aromatic carbocycles. The minimum atomic E-state index is -2.83. The zero-order valence-electron chi connectivity index (χ0n) is 6.80. The summed E-state index contributed by atoms with van der Waals surface area (Å²) in [6.45, 7) is 0. The highest BCUT2D eigenvalue weighted by molar-refractivity contribution is 6.35. The summed E-state index contributed by atoms with van der Waals surface area (Å²) in [4.78, 5) is 14.0. The Bertz CT molecular complexity index is 383. The third-order valence-corrected chi connectivity index (χ3v) is 1.86. The van der Waals surface area contributed by atoms with Crippen molar-refractivity contribution in [3.63, 3.8) is 0 Å².